The van der Waals surface area contributed by atoms with Gasteiger partial charge in [0.25, 0.3) is 0 Å². The highest BCUT2D eigenvalue weighted by molar-refractivity contribution is 9.09. The molecule has 15 heavy (non-hydrogen) atoms. The first-order chi connectivity index (χ1) is 7.24. The third kappa shape index (κ3) is 4.98. The highest BCUT2D eigenvalue weighted by Gasteiger charge is 2.24. The molecule has 3 nitrogen and oxygen atoms in total. The normalized spacial score (nSPS) is 25.5. The number of hydrogen-bond acceptors (Lipinski definition) is 2. The molecule has 1 fully saturated rings. The van der Waals surface area contributed by atoms with Crippen LogP contribution in [0.1, 0.15) is 32.6 Å². The average molecular weight is 278 g/mol. The van der Waals surface area contributed by atoms with Gasteiger partial charge in [0.2, 0.25) is 5.91 Å². The number of nitrogens with one attached hydrogen (secondary N) is 1. The molecule has 0 aromatic heterocycles. The summed E-state index contributed by atoms with van der Waals surface area (Å²) < 4.78 is 5.44. The molecule has 0 saturated carbocycles. The van der Waals surface area contributed by atoms with E-state index in [0.717, 1.165) is 37.7 Å². The first-order valence-electron chi connectivity index (χ1n) is 5.68. The van der Waals surface area contributed by atoms with Crippen molar-refractivity contribution in [1.82, 2.24) is 5.32 Å². The van der Waals surface area contributed by atoms with Gasteiger partial charge in [0.1, 0.15) is 0 Å². The average Bonchev–Trinajstić information content (AvgIpc) is 2.61. The van der Waals surface area contributed by atoms with Crippen molar-refractivity contribution >= 4 is 21.8 Å². The van der Waals surface area contributed by atoms with Crippen LogP contribution in [0.25, 0.3) is 0 Å². The monoisotopic (exact) mass is 277 g/mol. The Morgan fingerprint density at radius 2 is 2.33 bits per heavy atom. The van der Waals surface area contributed by atoms with Crippen LogP contribution in [0.2, 0.25) is 0 Å². The lowest BCUT2D eigenvalue weighted by Gasteiger charge is -2.14. The van der Waals surface area contributed by atoms with Gasteiger partial charge in [-0.3, -0.25) is 4.79 Å². The summed E-state index contributed by atoms with van der Waals surface area (Å²) in [5, 5.41) is 3.96. The van der Waals surface area contributed by atoms with E-state index in [9.17, 15) is 4.79 Å². The predicted molar refractivity (Wildman–Crippen MR) is 64.2 cm³/mol. The van der Waals surface area contributed by atoms with E-state index in [-0.39, 0.29) is 5.91 Å². The van der Waals surface area contributed by atoms with Gasteiger partial charge >= 0.3 is 0 Å². The summed E-state index contributed by atoms with van der Waals surface area (Å²) in [7, 11) is 0. The maximum atomic E-state index is 11.4. The van der Waals surface area contributed by atoms with E-state index >= 15 is 0 Å². The zero-order chi connectivity index (χ0) is 11.1. The molecule has 4 heteroatoms. The molecule has 1 heterocycles. The van der Waals surface area contributed by atoms with Crippen LogP contribution in [0.3, 0.4) is 0 Å². The molecular weight excluding hydrogens is 258 g/mol. The van der Waals surface area contributed by atoms with Gasteiger partial charge in [0.05, 0.1) is 6.10 Å². The number of amides is 1. The molecule has 1 rings (SSSR count). The number of unbranched alkanes of at least 4 members (excludes halogenated alkanes) is 1. The summed E-state index contributed by atoms with van der Waals surface area (Å²) in [6.07, 6.45) is 4.05. The van der Waals surface area contributed by atoms with Gasteiger partial charge < -0.3 is 10.1 Å². The fourth-order valence-electron chi connectivity index (χ4n) is 1.76. The Hall–Kier alpha value is -0.0900. The van der Waals surface area contributed by atoms with Gasteiger partial charge in [0, 0.05) is 30.8 Å². The maximum Gasteiger partial charge on any atom is 0.220 e. The van der Waals surface area contributed by atoms with Gasteiger partial charge in [-0.15, -0.1) is 0 Å². The SMILES string of the molecule is CC1OCCC1CNC(=O)CCCCBr. The Labute approximate surface area is 100 Å². The van der Waals surface area contributed by atoms with Gasteiger partial charge in [-0.25, -0.2) is 0 Å². The van der Waals surface area contributed by atoms with Crippen LogP contribution >= 0.6 is 15.9 Å². The van der Waals surface area contributed by atoms with E-state index in [4.69, 9.17) is 4.74 Å². The Morgan fingerprint density at radius 1 is 1.53 bits per heavy atom. The van der Waals surface area contributed by atoms with Crippen LogP contribution in [0.5, 0.6) is 0 Å². The summed E-state index contributed by atoms with van der Waals surface area (Å²) in [5.74, 6) is 0.681. The van der Waals surface area contributed by atoms with Crippen molar-refractivity contribution in [2.24, 2.45) is 5.92 Å². The van der Waals surface area contributed by atoms with E-state index < -0.39 is 0 Å². The molecule has 88 valence electrons. The first kappa shape index (κ1) is 13.0. The molecule has 1 aliphatic heterocycles. The largest absolute Gasteiger partial charge is 0.378 e. The quantitative estimate of drug-likeness (QED) is 0.597. The number of ether oxygens (including phenoxy) is 1. The van der Waals surface area contributed by atoms with Gasteiger partial charge in [-0.05, 0) is 26.2 Å². The minimum atomic E-state index is 0.176. The summed E-state index contributed by atoms with van der Waals surface area (Å²) in [5.41, 5.74) is 0. The van der Waals surface area contributed by atoms with Crippen LogP contribution in [-0.2, 0) is 9.53 Å². The van der Waals surface area contributed by atoms with Gasteiger partial charge in [-0.2, -0.15) is 0 Å². The van der Waals surface area contributed by atoms with Gasteiger partial charge in [0.15, 0.2) is 0 Å². The first-order valence-corrected chi connectivity index (χ1v) is 6.80. The second-order valence-electron chi connectivity index (χ2n) is 4.07. The van der Waals surface area contributed by atoms with Crippen molar-refractivity contribution in [2.75, 3.05) is 18.5 Å². The van der Waals surface area contributed by atoms with Crippen LogP contribution in [-0.4, -0.2) is 30.5 Å². The minimum Gasteiger partial charge on any atom is -0.378 e. The smallest absolute Gasteiger partial charge is 0.220 e. The summed E-state index contributed by atoms with van der Waals surface area (Å²) in [4.78, 5) is 11.4. The summed E-state index contributed by atoms with van der Waals surface area (Å²) >= 11 is 3.35. The molecule has 0 radical (unpaired) electrons. The Bertz CT molecular complexity index is 199. The van der Waals surface area contributed by atoms with Crippen LogP contribution in [0, 0.1) is 5.92 Å². The maximum absolute atomic E-state index is 11.4. The molecule has 0 spiro atoms. The third-order valence-electron chi connectivity index (χ3n) is 2.88. The molecular formula is C11H20BrNO2. The molecule has 1 N–H and O–H groups in total. The minimum absolute atomic E-state index is 0.176. The van der Waals surface area contributed by atoms with Crippen molar-refractivity contribution in [1.29, 1.82) is 0 Å². The van der Waals surface area contributed by atoms with Crippen molar-refractivity contribution in [3.05, 3.63) is 0 Å². The number of carbonyl (C=O) groups excluding carboxylic acids is 1. The van der Waals surface area contributed by atoms with E-state index in [2.05, 4.69) is 28.2 Å². The summed E-state index contributed by atoms with van der Waals surface area (Å²) in [6.45, 7) is 3.69. The molecule has 0 aromatic rings. The molecule has 2 atom stereocenters. The van der Waals surface area contributed by atoms with Crippen molar-refractivity contribution in [3.63, 3.8) is 0 Å². The lowest BCUT2D eigenvalue weighted by atomic mass is 10.0. The number of alkyl halides is 1. The zero-order valence-electron chi connectivity index (χ0n) is 9.30. The van der Waals surface area contributed by atoms with Crippen molar-refractivity contribution in [2.45, 2.75) is 38.7 Å². The molecule has 1 aliphatic rings. The lowest BCUT2D eigenvalue weighted by molar-refractivity contribution is -0.121. The molecule has 1 saturated heterocycles. The van der Waals surface area contributed by atoms with E-state index in [1.807, 2.05) is 0 Å². The standard InChI is InChI=1S/C11H20BrNO2/c1-9-10(5-7-15-9)8-13-11(14)4-2-3-6-12/h9-10H,2-8H2,1H3,(H,13,14). The third-order valence-corrected chi connectivity index (χ3v) is 3.44. The number of carbonyl (C=O) groups is 1. The van der Waals surface area contributed by atoms with Crippen molar-refractivity contribution in [3.8, 4) is 0 Å². The van der Waals surface area contributed by atoms with Crippen LogP contribution in [0.4, 0.5) is 0 Å². The molecule has 0 bridgehead atoms. The van der Waals surface area contributed by atoms with Crippen LogP contribution < -0.4 is 5.32 Å². The lowest BCUT2D eigenvalue weighted by Crippen LogP contribution is -2.31. The fraction of sp³-hybridized carbons (Fsp3) is 0.909. The number of halogens is 1. The molecule has 0 aliphatic carbocycles. The topological polar surface area (TPSA) is 38.3 Å². The highest BCUT2D eigenvalue weighted by Crippen LogP contribution is 2.19. The fourth-order valence-corrected chi connectivity index (χ4v) is 2.15. The molecule has 2 unspecified atom stereocenters. The van der Waals surface area contributed by atoms with Crippen LogP contribution in [0.15, 0.2) is 0 Å². The Kier molecular flexibility index (Phi) is 6.25. The molecule has 1 amide bonds. The van der Waals surface area contributed by atoms with Crippen molar-refractivity contribution < 1.29 is 9.53 Å². The van der Waals surface area contributed by atoms with E-state index in [1.54, 1.807) is 0 Å². The number of hydrogen-bond donors (Lipinski definition) is 1. The Morgan fingerprint density at radius 3 is 2.93 bits per heavy atom. The van der Waals surface area contributed by atoms with E-state index in [0.29, 0.717) is 18.4 Å². The Balaban J connectivity index is 2.05. The summed E-state index contributed by atoms with van der Waals surface area (Å²) in [6, 6.07) is 0. The molecule has 0 aromatic carbocycles. The van der Waals surface area contributed by atoms with E-state index in [1.165, 1.54) is 0 Å². The zero-order valence-corrected chi connectivity index (χ0v) is 10.9. The second kappa shape index (κ2) is 7.23. The predicted octanol–water partition coefficient (Wildman–Crippen LogP) is 2.09. The highest BCUT2D eigenvalue weighted by atomic mass is 79.9. The second-order valence-corrected chi connectivity index (χ2v) is 4.87. The number of rotatable bonds is 6. The van der Waals surface area contributed by atoms with Gasteiger partial charge in [-0.1, -0.05) is 15.9 Å².